The maximum Gasteiger partial charge on any atom is 0.433 e. The highest BCUT2D eigenvalue weighted by atomic mass is 19.4. The maximum atomic E-state index is 14.2. The van der Waals surface area contributed by atoms with E-state index < -0.39 is 17.8 Å². The van der Waals surface area contributed by atoms with E-state index in [2.05, 4.69) is 10.1 Å². The lowest BCUT2D eigenvalue weighted by Crippen LogP contribution is -2.50. The molecule has 0 aliphatic carbocycles. The molecule has 38 heavy (non-hydrogen) atoms. The van der Waals surface area contributed by atoms with Gasteiger partial charge in [-0.2, -0.15) is 18.3 Å². The zero-order valence-corrected chi connectivity index (χ0v) is 20.8. The van der Waals surface area contributed by atoms with Crippen molar-refractivity contribution in [1.29, 1.82) is 0 Å². The molecule has 1 aromatic carbocycles. The summed E-state index contributed by atoms with van der Waals surface area (Å²) in [4.78, 5) is 21.6. The first kappa shape index (κ1) is 25.7. The number of halogens is 3. The monoisotopic (exact) mass is 529 g/mol. The number of aliphatic hydroxyl groups is 1. The molecule has 0 saturated carbocycles. The number of ether oxygens (including phenoxy) is 1. The average molecular weight is 530 g/mol. The Kier molecular flexibility index (Phi) is 6.84. The van der Waals surface area contributed by atoms with Gasteiger partial charge in [0.05, 0.1) is 44.2 Å². The zero-order valence-electron chi connectivity index (χ0n) is 20.8. The van der Waals surface area contributed by atoms with Crippen LogP contribution in [0.3, 0.4) is 0 Å². The van der Waals surface area contributed by atoms with Crippen LogP contribution in [0.15, 0.2) is 53.5 Å². The summed E-state index contributed by atoms with van der Waals surface area (Å²) >= 11 is 0. The van der Waals surface area contributed by atoms with Crippen molar-refractivity contribution < 1.29 is 32.2 Å². The fourth-order valence-electron chi connectivity index (χ4n) is 4.89. The summed E-state index contributed by atoms with van der Waals surface area (Å²) in [6.45, 7) is 2.83. The van der Waals surface area contributed by atoms with Crippen LogP contribution in [-0.4, -0.2) is 75.3 Å². The van der Waals surface area contributed by atoms with Crippen molar-refractivity contribution in [2.75, 3.05) is 39.9 Å². The van der Waals surface area contributed by atoms with Gasteiger partial charge in [0.1, 0.15) is 11.3 Å². The number of piperazine rings is 1. The van der Waals surface area contributed by atoms with Crippen molar-refractivity contribution in [2.45, 2.75) is 19.1 Å². The van der Waals surface area contributed by atoms with Crippen molar-refractivity contribution in [1.82, 2.24) is 24.4 Å². The van der Waals surface area contributed by atoms with Gasteiger partial charge in [-0.25, -0.2) is 9.50 Å². The second kappa shape index (κ2) is 10.1. The molecule has 0 radical (unpaired) electrons. The van der Waals surface area contributed by atoms with E-state index >= 15 is 0 Å². The number of aliphatic hydroxyl groups excluding tert-OH is 1. The third kappa shape index (κ3) is 4.61. The van der Waals surface area contributed by atoms with Crippen LogP contribution in [0.2, 0.25) is 0 Å². The summed E-state index contributed by atoms with van der Waals surface area (Å²) in [6.07, 6.45) is -0.473. The van der Waals surface area contributed by atoms with Crippen molar-refractivity contribution in [3.63, 3.8) is 0 Å². The zero-order chi connectivity index (χ0) is 27.0. The molecule has 1 aliphatic rings. The number of aromatic nitrogens is 3. The summed E-state index contributed by atoms with van der Waals surface area (Å²) in [5.41, 5.74) is 0.153. The van der Waals surface area contributed by atoms with Gasteiger partial charge >= 0.3 is 6.18 Å². The molecule has 4 aromatic rings. The van der Waals surface area contributed by atoms with Gasteiger partial charge < -0.3 is 19.2 Å². The van der Waals surface area contributed by atoms with E-state index in [0.29, 0.717) is 42.0 Å². The number of alkyl halides is 3. The molecule has 1 atom stereocenters. The summed E-state index contributed by atoms with van der Waals surface area (Å²) in [5.74, 6) is 0.104. The van der Waals surface area contributed by atoms with E-state index in [-0.39, 0.29) is 35.1 Å². The number of rotatable bonds is 6. The molecule has 3 aromatic heterocycles. The van der Waals surface area contributed by atoms with Gasteiger partial charge in [-0.05, 0) is 37.3 Å². The number of hydrogen-bond donors (Lipinski definition) is 1. The third-order valence-corrected chi connectivity index (χ3v) is 6.89. The minimum Gasteiger partial charge on any atom is -0.497 e. The Hall–Kier alpha value is -3.90. The van der Waals surface area contributed by atoms with E-state index in [9.17, 15) is 23.1 Å². The summed E-state index contributed by atoms with van der Waals surface area (Å²) in [7, 11) is 1.50. The molecule has 1 N–H and O–H groups in total. The highest BCUT2D eigenvalue weighted by Gasteiger charge is 2.39. The average Bonchev–Trinajstić information content (AvgIpc) is 3.58. The summed E-state index contributed by atoms with van der Waals surface area (Å²) in [5, 5.41) is 13.8. The minimum atomic E-state index is -4.73. The van der Waals surface area contributed by atoms with Gasteiger partial charge in [-0.1, -0.05) is 0 Å². The lowest BCUT2D eigenvalue weighted by atomic mass is 10.0. The lowest BCUT2D eigenvalue weighted by Gasteiger charge is -2.38. The normalized spacial score (nSPS) is 15.7. The number of carbonyl (C=O) groups excluding carboxylic acids is 1. The largest absolute Gasteiger partial charge is 0.497 e. The van der Waals surface area contributed by atoms with E-state index in [1.54, 1.807) is 41.5 Å². The van der Waals surface area contributed by atoms with Crippen molar-refractivity contribution in [3.05, 3.63) is 71.4 Å². The molecule has 1 fully saturated rings. The Morgan fingerprint density at radius 2 is 1.87 bits per heavy atom. The van der Waals surface area contributed by atoms with E-state index in [0.717, 1.165) is 11.8 Å². The molecular weight excluding hydrogens is 503 g/mol. The first-order valence-electron chi connectivity index (χ1n) is 12.0. The topological polar surface area (TPSA) is 96.3 Å². The van der Waals surface area contributed by atoms with Gasteiger partial charge in [0, 0.05) is 42.9 Å². The highest BCUT2D eigenvalue weighted by Crippen LogP contribution is 2.37. The quantitative estimate of drug-likeness (QED) is 0.406. The number of fused-ring (bicyclic) bond motifs is 1. The Balaban J connectivity index is 1.47. The SMILES string of the molecule is COc1ccc(-c2nc3c(C(=O)N4CCN([C@H](CO)c5ccoc5)CC4)cnn3c(C(F)(F)F)c2C)cc1. The first-order chi connectivity index (χ1) is 18.2. The Bertz CT molecular complexity index is 1430. The van der Waals surface area contributed by atoms with Gasteiger partial charge in [-0.15, -0.1) is 0 Å². The molecule has 0 bridgehead atoms. The molecular formula is C26H26F3N5O4. The maximum absolute atomic E-state index is 14.2. The van der Waals surface area contributed by atoms with Crippen molar-refractivity contribution >= 4 is 11.6 Å². The van der Waals surface area contributed by atoms with Crippen LogP contribution >= 0.6 is 0 Å². The van der Waals surface area contributed by atoms with Crippen LogP contribution in [0, 0.1) is 6.92 Å². The number of amides is 1. The predicted octanol–water partition coefficient (Wildman–Crippen LogP) is 3.82. The van der Waals surface area contributed by atoms with Crippen molar-refractivity contribution in [3.8, 4) is 17.0 Å². The van der Waals surface area contributed by atoms with E-state index in [1.165, 1.54) is 20.3 Å². The number of furan rings is 1. The molecule has 5 rings (SSSR count). The molecule has 1 amide bonds. The van der Waals surface area contributed by atoms with E-state index in [4.69, 9.17) is 9.15 Å². The van der Waals surface area contributed by atoms with E-state index in [1.807, 2.05) is 4.90 Å². The second-order valence-corrected chi connectivity index (χ2v) is 9.04. The third-order valence-electron chi connectivity index (χ3n) is 6.89. The molecule has 12 heteroatoms. The van der Waals surface area contributed by atoms with Crippen LogP contribution in [-0.2, 0) is 6.18 Å². The Morgan fingerprint density at radius 3 is 2.45 bits per heavy atom. The number of carbonyl (C=O) groups is 1. The van der Waals surface area contributed by atoms with Gasteiger partial charge in [-0.3, -0.25) is 9.69 Å². The predicted molar refractivity (Wildman–Crippen MR) is 131 cm³/mol. The highest BCUT2D eigenvalue weighted by molar-refractivity contribution is 6.00. The fourth-order valence-corrected chi connectivity index (χ4v) is 4.89. The molecule has 1 saturated heterocycles. The second-order valence-electron chi connectivity index (χ2n) is 9.04. The van der Waals surface area contributed by atoms with Gasteiger partial charge in [0.25, 0.3) is 5.91 Å². The Morgan fingerprint density at radius 1 is 1.16 bits per heavy atom. The number of nitrogens with zero attached hydrogens (tertiary/aromatic N) is 5. The minimum absolute atomic E-state index is 0.00717. The van der Waals surface area contributed by atoms with Crippen LogP contribution in [0.5, 0.6) is 5.75 Å². The van der Waals surface area contributed by atoms with Gasteiger partial charge in [0.15, 0.2) is 11.3 Å². The molecule has 0 spiro atoms. The molecule has 0 unspecified atom stereocenters. The summed E-state index contributed by atoms with van der Waals surface area (Å²) < 4.78 is 53.6. The van der Waals surface area contributed by atoms with Gasteiger partial charge in [0.2, 0.25) is 0 Å². The standard InChI is InChI=1S/C26H26F3N5O4/c1-16-22(17-3-5-19(37-2)6-4-17)31-24-20(13-30-34(24)23(16)26(27,28)29)25(36)33-10-8-32(9-11-33)21(14-35)18-7-12-38-15-18/h3-7,12-13,15,21,35H,8-11,14H2,1-2H3/t21-/m1/s1. The number of methoxy groups -OCH3 is 1. The molecule has 4 heterocycles. The lowest BCUT2D eigenvalue weighted by molar-refractivity contribution is -0.143. The molecule has 1 aliphatic heterocycles. The number of benzene rings is 1. The van der Waals surface area contributed by atoms with Crippen LogP contribution in [0.25, 0.3) is 16.9 Å². The fraction of sp³-hybridized carbons (Fsp3) is 0.346. The van der Waals surface area contributed by atoms with Crippen molar-refractivity contribution in [2.24, 2.45) is 0 Å². The summed E-state index contributed by atoms with van der Waals surface area (Å²) in [6, 6.07) is 8.04. The Labute approximate surface area is 216 Å². The van der Waals surface area contributed by atoms with Crippen LogP contribution < -0.4 is 4.74 Å². The van der Waals surface area contributed by atoms with Crippen LogP contribution in [0.4, 0.5) is 13.2 Å². The molecule has 200 valence electrons. The van der Waals surface area contributed by atoms with Crippen LogP contribution in [0.1, 0.15) is 33.2 Å². The smallest absolute Gasteiger partial charge is 0.433 e. The first-order valence-corrected chi connectivity index (χ1v) is 12.0. The number of hydrogen-bond acceptors (Lipinski definition) is 7. The molecule has 9 nitrogen and oxygen atoms in total.